The molecule has 0 atom stereocenters. The van der Waals surface area contributed by atoms with Gasteiger partial charge in [0.05, 0.1) is 22.9 Å². The SMILES string of the molecule is O=C(NCc1cn2cc(Cl)ccc2n1)c1ccc(-n2cccn2)cc1. The molecule has 0 aliphatic rings. The van der Waals surface area contributed by atoms with E-state index < -0.39 is 0 Å². The Morgan fingerprint density at radius 1 is 1.12 bits per heavy atom. The van der Waals surface area contributed by atoms with Crippen molar-refractivity contribution in [2.45, 2.75) is 6.54 Å². The van der Waals surface area contributed by atoms with Crippen molar-refractivity contribution in [2.24, 2.45) is 0 Å². The molecule has 3 aromatic heterocycles. The van der Waals surface area contributed by atoms with Gasteiger partial charge in [0.15, 0.2) is 0 Å². The molecular weight excluding hydrogens is 338 g/mol. The molecule has 0 aliphatic heterocycles. The maximum absolute atomic E-state index is 12.3. The van der Waals surface area contributed by atoms with E-state index in [4.69, 9.17) is 11.6 Å². The van der Waals surface area contributed by atoms with Gasteiger partial charge >= 0.3 is 0 Å². The van der Waals surface area contributed by atoms with Crippen LogP contribution in [-0.4, -0.2) is 25.1 Å². The van der Waals surface area contributed by atoms with E-state index in [2.05, 4.69) is 15.4 Å². The lowest BCUT2D eigenvalue weighted by Gasteiger charge is -2.05. The van der Waals surface area contributed by atoms with Crippen LogP contribution >= 0.6 is 11.6 Å². The minimum atomic E-state index is -0.151. The van der Waals surface area contributed by atoms with Gasteiger partial charge in [0.1, 0.15) is 5.65 Å². The third kappa shape index (κ3) is 3.25. The number of imidazole rings is 1. The van der Waals surface area contributed by atoms with Crippen LogP contribution in [0.5, 0.6) is 0 Å². The Balaban J connectivity index is 1.44. The summed E-state index contributed by atoms with van der Waals surface area (Å²) in [6.07, 6.45) is 7.19. The number of nitrogens with one attached hydrogen (secondary N) is 1. The molecule has 0 radical (unpaired) electrons. The number of pyridine rings is 1. The van der Waals surface area contributed by atoms with Gasteiger partial charge < -0.3 is 9.72 Å². The molecule has 0 saturated heterocycles. The van der Waals surface area contributed by atoms with Gasteiger partial charge in [-0.3, -0.25) is 4.79 Å². The molecule has 124 valence electrons. The highest BCUT2D eigenvalue weighted by molar-refractivity contribution is 6.30. The Bertz CT molecular complexity index is 1020. The Morgan fingerprint density at radius 3 is 2.72 bits per heavy atom. The number of halogens is 1. The van der Waals surface area contributed by atoms with Gasteiger partial charge in [0.25, 0.3) is 5.91 Å². The lowest BCUT2D eigenvalue weighted by Crippen LogP contribution is -2.22. The Morgan fingerprint density at radius 2 is 1.96 bits per heavy atom. The van der Waals surface area contributed by atoms with E-state index in [-0.39, 0.29) is 5.91 Å². The quantitative estimate of drug-likeness (QED) is 0.614. The number of amides is 1. The number of carbonyl (C=O) groups excluding carboxylic acids is 1. The van der Waals surface area contributed by atoms with E-state index in [1.54, 1.807) is 35.3 Å². The van der Waals surface area contributed by atoms with Crippen LogP contribution in [0.3, 0.4) is 0 Å². The summed E-state index contributed by atoms with van der Waals surface area (Å²) in [7, 11) is 0. The highest BCUT2D eigenvalue weighted by atomic mass is 35.5. The van der Waals surface area contributed by atoms with Crippen molar-refractivity contribution in [1.82, 2.24) is 24.5 Å². The third-order valence-electron chi connectivity index (χ3n) is 3.79. The lowest BCUT2D eigenvalue weighted by molar-refractivity contribution is 0.0950. The number of fused-ring (bicyclic) bond motifs is 1. The molecule has 6 nitrogen and oxygen atoms in total. The molecule has 0 bridgehead atoms. The number of benzene rings is 1. The molecule has 4 rings (SSSR count). The molecule has 0 spiro atoms. The van der Waals surface area contributed by atoms with E-state index in [0.29, 0.717) is 17.1 Å². The van der Waals surface area contributed by atoms with Crippen molar-refractivity contribution in [3.8, 4) is 5.69 Å². The van der Waals surface area contributed by atoms with Crippen LogP contribution in [0, 0.1) is 0 Å². The zero-order chi connectivity index (χ0) is 17.2. The fraction of sp³-hybridized carbons (Fsp3) is 0.0556. The second kappa shape index (κ2) is 6.41. The van der Waals surface area contributed by atoms with Crippen molar-refractivity contribution in [3.05, 3.63) is 83.5 Å². The smallest absolute Gasteiger partial charge is 0.251 e. The first kappa shape index (κ1) is 15.4. The summed E-state index contributed by atoms with van der Waals surface area (Å²) in [4.78, 5) is 16.7. The summed E-state index contributed by atoms with van der Waals surface area (Å²) in [5.74, 6) is -0.151. The molecule has 1 aromatic carbocycles. The summed E-state index contributed by atoms with van der Waals surface area (Å²) in [5.41, 5.74) is 3.04. The van der Waals surface area contributed by atoms with Crippen LogP contribution in [0.4, 0.5) is 0 Å². The molecule has 0 unspecified atom stereocenters. The van der Waals surface area contributed by atoms with Gasteiger partial charge in [-0.1, -0.05) is 11.6 Å². The fourth-order valence-electron chi connectivity index (χ4n) is 2.56. The van der Waals surface area contributed by atoms with Crippen molar-refractivity contribution in [3.63, 3.8) is 0 Å². The van der Waals surface area contributed by atoms with Crippen molar-refractivity contribution < 1.29 is 4.79 Å². The van der Waals surface area contributed by atoms with Crippen LogP contribution in [0.2, 0.25) is 5.02 Å². The molecule has 0 fully saturated rings. The highest BCUT2D eigenvalue weighted by Crippen LogP contribution is 2.12. The Labute approximate surface area is 148 Å². The summed E-state index contributed by atoms with van der Waals surface area (Å²) >= 11 is 5.96. The summed E-state index contributed by atoms with van der Waals surface area (Å²) in [6.45, 7) is 0.346. The molecule has 1 N–H and O–H groups in total. The summed E-state index contributed by atoms with van der Waals surface area (Å²) in [5, 5.41) is 7.67. The van der Waals surface area contributed by atoms with E-state index in [1.165, 1.54) is 0 Å². The largest absolute Gasteiger partial charge is 0.346 e. The average Bonchev–Trinajstić information content (AvgIpc) is 3.29. The first-order chi connectivity index (χ1) is 12.2. The minimum Gasteiger partial charge on any atom is -0.346 e. The molecule has 1 amide bonds. The van der Waals surface area contributed by atoms with Crippen LogP contribution in [0.1, 0.15) is 16.1 Å². The van der Waals surface area contributed by atoms with Gasteiger partial charge in [-0.2, -0.15) is 5.10 Å². The third-order valence-corrected chi connectivity index (χ3v) is 4.02. The van der Waals surface area contributed by atoms with Gasteiger partial charge in [0.2, 0.25) is 0 Å². The number of nitrogens with zero attached hydrogens (tertiary/aromatic N) is 4. The minimum absolute atomic E-state index is 0.151. The molecule has 0 aliphatic carbocycles. The first-order valence-electron chi connectivity index (χ1n) is 7.70. The topological polar surface area (TPSA) is 64.2 Å². The highest BCUT2D eigenvalue weighted by Gasteiger charge is 2.08. The number of aromatic nitrogens is 4. The van der Waals surface area contributed by atoms with Crippen LogP contribution in [-0.2, 0) is 6.54 Å². The predicted octanol–water partition coefficient (Wildman–Crippen LogP) is 3.10. The van der Waals surface area contributed by atoms with Gasteiger partial charge in [-0.05, 0) is 42.5 Å². The first-order valence-corrected chi connectivity index (χ1v) is 8.08. The van der Waals surface area contributed by atoms with Crippen LogP contribution < -0.4 is 5.32 Å². The normalized spacial score (nSPS) is 10.9. The second-order valence-corrected chi connectivity index (χ2v) is 5.96. The van der Waals surface area contributed by atoms with Crippen molar-refractivity contribution >= 4 is 23.2 Å². The molecule has 3 heterocycles. The van der Waals surface area contributed by atoms with E-state index in [0.717, 1.165) is 17.0 Å². The zero-order valence-corrected chi connectivity index (χ0v) is 13.9. The van der Waals surface area contributed by atoms with E-state index in [1.807, 2.05) is 41.1 Å². The Kier molecular flexibility index (Phi) is 3.95. The van der Waals surface area contributed by atoms with Crippen molar-refractivity contribution in [1.29, 1.82) is 0 Å². The number of hydrogen-bond donors (Lipinski definition) is 1. The zero-order valence-electron chi connectivity index (χ0n) is 13.1. The van der Waals surface area contributed by atoms with E-state index >= 15 is 0 Å². The van der Waals surface area contributed by atoms with Crippen molar-refractivity contribution in [2.75, 3.05) is 0 Å². The number of rotatable bonds is 4. The maximum Gasteiger partial charge on any atom is 0.251 e. The molecule has 7 heteroatoms. The Hall–Kier alpha value is -3.12. The van der Waals surface area contributed by atoms with E-state index in [9.17, 15) is 4.79 Å². The second-order valence-electron chi connectivity index (χ2n) is 5.53. The average molecular weight is 352 g/mol. The number of carbonyl (C=O) groups is 1. The lowest BCUT2D eigenvalue weighted by atomic mass is 10.2. The standard InChI is InChI=1S/C18H14ClN5O/c19-14-4-7-17-22-15(12-23(17)11-14)10-20-18(25)13-2-5-16(6-3-13)24-9-1-8-21-24/h1-9,11-12H,10H2,(H,20,25). The molecule has 4 aromatic rings. The van der Waals surface area contributed by atoms with Crippen LogP contribution in [0.15, 0.2) is 67.3 Å². The monoisotopic (exact) mass is 351 g/mol. The van der Waals surface area contributed by atoms with Gasteiger partial charge in [-0.15, -0.1) is 0 Å². The molecular formula is C18H14ClN5O. The number of hydrogen-bond acceptors (Lipinski definition) is 3. The summed E-state index contributed by atoms with van der Waals surface area (Å²) < 4.78 is 3.58. The fourth-order valence-corrected chi connectivity index (χ4v) is 2.73. The van der Waals surface area contributed by atoms with Gasteiger partial charge in [-0.25, -0.2) is 9.67 Å². The predicted molar refractivity (Wildman–Crippen MR) is 94.9 cm³/mol. The van der Waals surface area contributed by atoms with Crippen LogP contribution in [0.25, 0.3) is 11.3 Å². The summed E-state index contributed by atoms with van der Waals surface area (Å²) in [6, 6.07) is 12.7. The molecule has 25 heavy (non-hydrogen) atoms. The molecule has 0 saturated carbocycles. The van der Waals surface area contributed by atoms with Gasteiger partial charge in [0, 0.05) is 30.4 Å². The maximum atomic E-state index is 12.3.